The van der Waals surface area contributed by atoms with Gasteiger partial charge in [-0.05, 0) is 55.7 Å². The first-order valence-electron chi connectivity index (χ1n) is 8.53. The van der Waals surface area contributed by atoms with Crippen LogP contribution in [0.3, 0.4) is 0 Å². The fourth-order valence-corrected chi connectivity index (χ4v) is 2.39. The molecule has 2 rings (SSSR count). The van der Waals surface area contributed by atoms with Crippen molar-refractivity contribution in [1.29, 1.82) is 0 Å². The molecule has 0 bridgehead atoms. The second-order valence-electron chi connectivity index (χ2n) is 6.04. The van der Waals surface area contributed by atoms with E-state index in [1.807, 2.05) is 26.0 Å². The Hall–Kier alpha value is -2.82. The van der Waals surface area contributed by atoms with E-state index in [2.05, 4.69) is 5.32 Å². The summed E-state index contributed by atoms with van der Waals surface area (Å²) in [4.78, 5) is 11.9. The van der Waals surface area contributed by atoms with Gasteiger partial charge in [0, 0.05) is 12.6 Å². The van der Waals surface area contributed by atoms with E-state index in [1.165, 1.54) is 12.1 Å². The molecule has 0 aliphatic heterocycles. The fraction of sp³-hybridized carbons (Fsp3) is 0.286. The summed E-state index contributed by atoms with van der Waals surface area (Å²) >= 11 is 0. The molecule has 2 aromatic rings. The second-order valence-corrected chi connectivity index (χ2v) is 6.04. The maximum Gasteiger partial charge on any atom is 0.244 e. The van der Waals surface area contributed by atoms with E-state index in [-0.39, 0.29) is 17.8 Å². The van der Waals surface area contributed by atoms with Gasteiger partial charge in [-0.15, -0.1) is 0 Å². The number of carbonyl (C=O) groups is 1. The van der Waals surface area contributed by atoms with Crippen LogP contribution < -0.4 is 14.8 Å². The molecule has 0 aliphatic carbocycles. The van der Waals surface area contributed by atoms with Crippen molar-refractivity contribution in [2.75, 3.05) is 13.7 Å². The quantitative estimate of drug-likeness (QED) is 0.727. The van der Waals surface area contributed by atoms with Crippen LogP contribution in [0.15, 0.2) is 48.5 Å². The predicted octanol–water partition coefficient (Wildman–Crippen LogP) is 3.99. The Morgan fingerprint density at radius 1 is 1.19 bits per heavy atom. The molecular formula is C21H24FNO3. The molecule has 0 atom stereocenters. The molecule has 1 N–H and O–H groups in total. The predicted molar refractivity (Wildman–Crippen MR) is 101 cm³/mol. The Bertz CT molecular complexity index is 772. The minimum Gasteiger partial charge on any atom is -0.493 e. The van der Waals surface area contributed by atoms with Crippen LogP contribution >= 0.6 is 0 Å². The summed E-state index contributed by atoms with van der Waals surface area (Å²) < 4.78 is 24.5. The molecule has 0 fully saturated rings. The lowest BCUT2D eigenvalue weighted by molar-refractivity contribution is -0.116. The lowest BCUT2D eigenvalue weighted by Crippen LogP contribution is -2.23. The number of hydrogen-bond donors (Lipinski definition) is 1. The average molecular weight is 357 g/mol. The Balaban J connectivity index is 1.90. The van der Waals surface area contributed by atoms with Crippen LogP contribution in [0, 0.1) is 5.82 Å². The van der Waals surface area contributed by atoms with Gasteiger partial charge in [0.25, 0.3) is 0 Å². The van der Waals surface area contributed by atoms with E-state index in [0.29, 0.717) is 30.0 Å². The molecule has 0 heterocycles. The lowest BCUT2D eigenvalue weighted by atomic mass is 10.1. The first-order chi connectivity index (χ1) is 12.5. The molecule has 0 spiro atoms. The number of ether oxygens (including phenoxy) is 2. The van der Waals surface area contributed by atoms with Crippen LogP contribution in [-0.4, -0.2) is 25.7 Å². The molecule has 0 radical (unpaired) electrons. The number of rotatable bonds is 8. The molecule has 5 heteroatoms. The highest BCUT2D eigenvalue weighted by Crippen LogP contribution is 2.29. The van der Waals surface area contributed by atoms with Crippen molar-refractivity contribution in [3.8, 4) is 11.5 Å². The van der Waals surface area contributed by atoms with E-state index in [1.54, 1.807) is 37.5 Å². The summed E-state index contributed by atoms with van der Waals surface area (Å²) in [7, 11) is 1.57. The van der Waals surface area contributed by atoms with Gasteiger partial charge in [0.15, 0.2) is 11.5 Å². The average Bonchev–Trinajstić information content (AvgIpc) is 2.62. The number of benzene rings is 2. The Morgan fingerprint density at radius 3 is 2.65 bits per heavy atom. The largest absolute Gasteiger partial charge is 0.493 e. The zero-order chi connectivity index (χ0) is 18.9. The van der Waals surface area contributed by atoms with Crippen LogP contribution in [0.2, 0.25) is 0 Å². The maximum atomic E-state index is 13.5. The minimum atomic E-state index is -0.256. The first kappa shape index (κ1) is 19.5. The van der Waals surface area contributed by atoms with Gasteiger partial charge in [-0.3, -0.25) is 4.79 Å². The molecule has 2 aromatic carbocycles. The molecule has 0 unspecified atom stereocenters. The Kier molecular flexibility index (Phi) is 7.21. The molecule has 1 amide bonds. The van der Waals surface area contributed by atoms with E-state index in [4.69, 9.17) is 9.47 Å². The lowest BCUT2D eigenvalue weighted by Gasteiger charge is -2.13. The van der Waals surface area contributed by atoms with Gasteiger partial charge in [0.1, 0.15) is 5.82 Å². The molecule has 0 aromatic heterocycles. The number of hydrogen-bond acceptors (Lipinski definition) is 3. The normalized spacial score (nSPS) is 11.0. The monoisotopic (exact) mass is 357 g/mol. The van der Waals surface area contributed by atoms with Crippen molar-refractivity contribution < 1.29 is 18.7 Å². The summed E-state index contributed by atoms with van der Waals surface area (Å²) in [6, 6.07) is 12.0. The standard InChI is InChI=1S/C21H24FNO3/c1-15(2)26-19-10-8-16(14-20(19)25-3)9-11-21(24)23-13-12-17-6-4-5-7-18(17)22/h4-11,14-15H,12-13H2,1-3H3,(H,23,24)/b11-9+. The van der Waals surface area contributed by atoms with Crippen LogP contribution in [0.25, 0.3) is 6.08 Å². The SMILES string of the molecule is COc1cc(/C=C/C(=O)NCCc2ccccc2F)ccc1OC(C)C. The van der Waals surface area contributed by atoms with Crippen molar-refractivity contribution in [2.24, 2.45) is 0 Å². The van der Waals surface area contributed by atoms with Gasteiger partial charge in [0.05, 0.1) is 13.2 Å². The summed E-state index contributed by atoms with van der Waals surface area (Å²) in [6.07, 6.45) is 3.63. The molecule has 138 valence electrons. The first-order valence-corrected chi connectivity index (χ1v) is 8.53. The highest BCUT2D eigenvalue weighted by atomic mass is 19.1. The van der Waals surface area contributed by atoms with E-state index < -0.39 is 0 Å². The second kappa shape index (κ2) is 9.61. The van der Waals surface area contributed by atoms with Gasteiger partial charge >= 0.3 is 0 Å². The number of methoxy groups -OCH3 is 1. The molecule has 0 aliphatic rings. The van der Waals surface area contributed by atoms with Crippen molar-refractivity contribution in [2.45, 2.75) is 26.4 Å². The molecule has 0 saturated carbocycles. The smallest absolute Gasteiger partial charge is 0.244 e. The van der Waals surface area contributed by atoms with Crippen LogP contribution in [0.4, 0.5) is 4.39 Å². The van der Waals surface area contributed by atoms with Gasteiger partial charge < -0.3 is 14.8 Å². The van der Waals surface area contributed by atoms with Crippen molar-refractivity contribution in [3.63, 3.8) is 0 Å². The van der Waals surface area contributed by atoms with E-state index in [0.717, 1.165) is 5.56 Å². The maximum absolute atomic E-state index is 13.5. The van der Waals surface area contributed by atoms with Crippen LogP contribution in [-0.2, 0) is 11.2 Å². The highest BCUT2D eigenvalue weighted by Gasteiger charge is 2.07. The summed E-state index contributed by atoms with van der Waals surface area (Å²) in [5.41, 5.74) is 1.41. The number of amides is 1. The molecule has 4 nitrogen and oxygen atoms in total. The van der Waals surface area contributed by atoms with Crippen molar-refractivity contribution in [1.82, 2.24) is 5.32 Å². The Morgan fingerprint density at radius 2 is 1.96 bits per heavy atom. The number of halogens is 1. The topological polar surface area (TPSA) is 47.6 Å². The van der Waals surface area contributed by atoms with Crippen LogP contribution in [0.5, 0.6) is 11.5 Å². The summed E-state index contributed by atoms with van der Waals surface area (Å²) in [6.45, 7) is 4.26. The third-order valence-electron chi connectivity index (χ3n) is 3.63. The van der Waals surface area contributed by atoms with E-state index >= 15 is 0 Å². The van der Waals surface area contributed by atoms with Gasteiger partial charge in [-0.2, -0.15) is 0 Å². The molecule has 0 saturated heterocycles. The van der Waals surface area contributed by atoms with Gasteiger partial charge in [-0.25, -0.2) is 4.39 Å². The highest BCUT2D eigenvalue weighted by molar-refractivity contribution is 5.91. The third kappa shape index (κ3) is 5.92. The number of carbonyl (C=O) groups excluding carboxylic acids is 1. The summed E-state index contributed by atoms with van der Waals surface area (Å²) in [5.74, 6) is 0.783. The van der Waals surface area contributed by atoms with Gasteiger partial charge in [-0.1, -0.05) is 24.3 Å². The molecule has 26 heavy (non-hydrogen) atoms. The number of nitrogens with one attached hydrogen (secondary N) is 1. The summed E-state index contributed by atoms with van der Waals surface area (Å²) in [5, 5.41) is 2.75. The van der Waals surface area contributed by atoms with E-state index in [9.17, 15) is 9.18 Å². The fourth-order valence-electron chi connectivity index (χ4n) is 2.39. The van der Waals surface area contributed by atoms with Crippen molar-refractivity contribution in [3.05, 3.63) is 65.5 Å². The van der Waals surface area contributed by atoms with Crippen LogP contribution in [0.1, 0.15) is 25.0 Å². The van der Waals surface area contributed by atoms with Crippen molar-refractivity contribution >= 4 is 12.0 Å². The zero-order valence-electron chi connectivity index (χ0n) is 15.3. The zero-order valence-corrected chi connectivity index (χ0v) is 15.3. The third-order valence-corrected chi connectivity index (χ3v) is 3.63. The van der Waals surface area contributed by atoms with Gasteiger partial charge in [0.2, 0.25) is 5.91 Å². The Labute approximate surface area is 153 Å². The molecular weight excluding hydrogens is 333 g/mol. The minimum absolute atomic E-state index is 0.0468.